The Morgan fingerprint density at radius 2 is 1.50 bits per heavy atom. The molecule has 0 bridgehead atoms. The Morgan fingerprint density at radius 1 is 0.825 bits per heavy atom. The summed E-state index contributed by atoms with van der Waals surface area (Å²) in [5.41, 5.74) is 1.41. The summed E-state index contributed by atoms with van der Waals surface area (Å²) in [6, 6.07) is 13.4. The van der Waals surface area contributed by atoms with Gasteiger partial charge in [-0.15, -0.1) is 0 Å². The van der Waals surface area contributed by atoms with E-state index in [2.05, 4.69) is 5.32 Å². The van der Waals surface area contributed by atoms with Gasteiger partial charge in [0, 0.05) is 17.8 Å². The number of ether oxygens (including phenoxy) is 5. The normalized spacial score (nSPS) is 10.8. The molecule has 0 saturated heterocycles. The molecule has 11 nitrogen and oxygen atoms in total. The summed E-state index contributed by atoms with van der Waals surface area (Å²) in [6.45, 7) is 3.04. The first kappa shape index (κ1) is 30.1. The molecule has 3 aromatic rings. The van der Waals surface area contributed by atoms with Gasteiger partial charge in [0.2, 0.25) is 5.91 Å². The number of carbonyl (C=O) groups is 2. The molecule has 1 amide bonds. The molecule has 0 spiro atoms. The summed E-state index contributed by atoms with van der Waals surface area (Å²) < 4.78 is 55.2. The zero-order chi connectivity index (χ0) is 29.4. The molecule has 3 aromatic carbocycles. The average molecular weight is 573 g/mol. The molecule has 0 aliphatic heterocycles. The first-order valence-electron chi connectivity index (χ1n) is 12.1. The number of aryl methyl sites for hydroxylation is 1. The number of amides is 1. The first-order chi connectivity index (χ1) is 19.1. The molecule has 0 aliphatic rings. The molecular weight excluding hydrogens is 540 g/mol. The lowest BCUT2D eigenvalue weighted by Gasteiger charge is -2.26. The number of nitrogens with zero attached hydrogens (tertiary/aromatic N) is 1. The van der Waals surface area contributed by atoms with Crippen molar-refractivity contribution in [3.8, 4) is 23.0 Å². The zero-order valence-corrected chi connectivity index (χ0v) is 24.0. The van der Waals surface area contributed by atoms with Gasteiger partial charge in [0.25, 0.3) is 10.0 Å². The van der Waals surface area contributed by atoms with E-state index in [0.29, 0.717) is 28.3 Å². The van der Waals surface area contributed by atoms with Crippen LogP contribution in [0.4, 0.5) is 11.4 Å². The van der Waals surface area contributed by atoms with Gasteiger partial charge < -0.3 is 29.0 Å². The van der Waals surface area contributed by atoms with Gasteiger partial charge in [-0.25, -0.2) is 13.2 Å². The summed E-state index contributed by atoms with van der Waals surface area (Å²) in [4.78, 5) is 25.2. The molecule has 0 radical (unpaired) electrons. The second-order valence-electron chi connectivity index (χ2n) is 8.36. The molecule has 0 heterocycles. The largest absolute Gasteiger partial charge is 0.497 e. The third-order valence-corrected chi connectivity index (χ3v) is 7.65. The highest BCUT2D eigenvalue weighted by Gasteiger charge is 2.31. The number of rotatable bonds is 12. The van der Waals surface area contributed by atoms with Crippen molar-refractivity contribution in [3.05, 3.63) is 65.7 Å². The molecule has 0 aliphatic carbocycles. The molecule has 0 atom stereocenters. The van der Waals surface area contributed by atoms with Crippen molar-refractivity contribution in [2.24, 2.45) is 0 Å². The van der Waals surface area contributed by atoms with E-state index in [1.807, 2.05) is 0 Å². The Labute approximate surface area is 233 Å². The number of hydrogen-bond acceptors (Lipinski definition) is 9. The Bertz CT molecular complexity index is 1490. The zero-order valence-electron chi connectivity index (χ0n) is 23.1. The number of sulfonamides is 1. The van der Waals surface area contributed by atoms with Crippen molar-refractivity contribution in [2.75, 3.05) is 51.2 Å². The molecular formula is C28H32N2O9S. The van der Waals surface area contributed by atoms with Crippen molar-refractivity contribution in [2.45, 2.75) is 18.7 Å². The number of hydrogen-bond donors (Lipinski definition) is 1. The van der Waals surface area contributed by atoms with E-state index in [-0.39, 0.29) is 28.7 Å². The van der Waals surface area contributed by atoms with E-state index in [1.165, 1.54) is 58.8 Å². The summed E-state index contributed by atoms with van der Waals surface area (Å²) in [6.07, 6.45) is 0. The lowest BCUT2D eigenvalue weighted by atomic mass is 10.1. The fraction of sp³-hybridized carbons (Fsp3) is 0.286. The molecule has 0 aromatic heterocycles. The van der Waals surface area contributed by atoms with Gasteiger partial charge in [-0.05, 0) is 61.9 Å². The maximum absolute atomic E-state index is 14.0. The van der Waals surface area contributed by atoms with E-state index >= 15 is 0 Å². The van der Waals surface area contributed by atoms with Crippen LogP contribution in [0.2, 0.25) is 0 Å². The van der Waals surface area contributed by atoms with Crippen LogP contribution in [-0.4, -0.2) is 61.9 Å². The topological polar surface area (TPSA) is 130 Å². The summed E-state index contributed by atoms with van der Waals surface area (Å²) >= 11 is 0. The fourth-order valence-corrected chi connectivity index (χ4v) is 5.30. The van der Waals surface area contributed by atoms with Crippen LogP contribution in [0.1, 0.15) is 22.8 Å². The second-order valence-corrected chi connectivity index (χ2v) is 10.2. The van der Waals surface area contributed by atoms with Crippen LogP contribution in [0, 0.1) is 6.92 Å². The van der Waals surface area contributed by atoms with Crippen molar-refractivity contribution in [1.82, 2.24) is 0 Å². The second kappa shape index (κ2) is 13.1. The van der Waals surface area contributed by atoms with Crippen LogP contribution in [-0.2, 0) is 19.6 Å². The van der Waals surface area contributed by atoms with E-state index < -0.39 is 28.4 Å². The van der Waals surface area contributed by atoms with Gasteiger partial charge in [-0.1, -0.05) is 0 Å². The first-order valence-corrected chi connectivity index (χ1v) is 13.6. The SMILES string of the molecule is CCOC(=O)c1ccc(NC(=O)CN(c2cc(OC)ccc2OC)S(=O)(=O)c2ccc(OC)c(OC)c2)c(C)c1. The van der Waals surface area contributed by atoms with Gasteiger partial charge in [0.05, 0.1) is 51.2 Å². The van der Waals surface area contributed by atoms with E-state index in [1.54, 1.807) is 38.1 Å². The minimum atomic E-state index is -4.35. The molecule has 0 saturated carbocycles. The number of methoxy groups -OCH3 is 4. The number of esters is 1. The van der Waals surface area contributed by atoms with Crippen LogP contribution >= 0.6 is 0 Å². The Morgan fingerprint density at radius 3 is 2.10 bits per heavy atom. The van der Waals surface area contributed by atoms with Crippen LogP contribution in [0.25, 0.3) is 0 Å². The average Bonchev–Trinajstić information content (AvgIpc) is 2.96. The van der Waals surface area contributed by atoms with Crippen molar-refractivity contribution < 1.29 is 41.7 Å². The fourth-order valence-electron chi connectivity index (χ4n) is 3.86. The number of anilines is 2. The summed E-state index contributed by atoms with van der Waals surface area (Å²) in [7, 11) is 1.30. The summed E-state index contributed by atoms with van der Waals surface area (Å²) in [5, 5.41) is 2.73. The van der Waals surface area contributed by atoms with Crippen LogP contribution in [0.15, 0.2) is 59.5 Å². The molecule has 0 unspecified atom stereocenters. The van der Waals surface area contributed by atoms with Gasteiger partial charge in [0.15, 0.2) is 11.5 Å². The van der Waals surface area contributed by atoms with Crippen LogP contribution in [0.5, 0.6) is 23.0 Å². The highest BCUT2D eigenvalue weighted by Crippen LogP contribution is 2.37. The summed E-state index contributed by atoms with van der Waals surface area (Å²) in [5.74, 6) is -0.0298. The molecule has 40 heavy (non-hydrogen) atoms. The Balaban J connectivity index is 2.04. The van der Waals surface area contributed by atoms with E-state index in [9.17, 15) is 18.0 Å². The number of carbonyl (C=O) groups excluding carboxylic acids is 2. The highest BCUT2D eigenvalue weighted by molar-refractivity contribution is 7.92. The predicted octanol–water partition coefficient (Wildman–Crippen LogP) is 4.04. The van der Waals surface area contributed by atoms with Gasteiger partial charge >= 0.3 is 5.97 Å². The Kier molecular flexibility index (Phi) is 9.83. The van der Waals surface area contributed by atoms with Gasteiger partial charge in [-0.2, -0.15) is 0 Å². The van der Waals surface area contributed by atoms with Crippen molar-refractivity contribution >= 4 is 33.3 Å². The smallest absolute Gasteiger partial charge is 0.338 e. The lowest BCUT2D eigenvalue weighted by molar-refractivity contribution is -0.114. The molecule has 214 valence electrons. The highest BCUT2D eigenvalue weighted by atomic mass is 32.2. The maximum atomic E-state index is 14.0. The lowest BCUT2D eigenvalue weighted by Crippen LogP contribution is -2.38. The van der Waals surface area contributed by atoms with Crippen LogP contribution < -0.4 is 28.6 Å². The monoisotopic (exact) mass is 572 g/mol. The van der Waals surface area contributed by atoms with Crippen molar-refractivity contribution in [3.63, 3.8) is 0 Å². The standard InChI is InChI=1S/C28H32N2O9S/c1-7-39-28(32)19-8-11-22(18(2)14-19)29-27(31)17-30(23-15-20(35-3)9-12-24(23)36-4)40(33,34)21-10-13-25(37-5)26(16-21)38-6/h8-16H,7,17H2,1-6H3,(H,29,31). The number of benzene rings is 3. The minimum absolute atomic E-state index is 0.0844. The molecule has 0 fully saturated rings. The molecule has 12 heteroatoms. The van der Waals surface area contributed by atoms with Crippen molar-refractivity contribution in [1.29, 1.82) is 0 Å². The molecule has 1 N–H and O–H groups in total. The number of nitrogens with one attached hydrogen (secondary N) is 1. The third kappa shape index (κ3) is 6.57. The van der Waals surface area contributed by atoms with E-state index in [0.717, 1.165) is 4.31 Å². The molecule has 3 rings (SSSR count). The van der Waals surface area contributed by atoms with Gasteiger partial charge in [0.1, 0.15) is 18.0 Å². The van der Waals surface area contributed by atoms with Crippen LogP contribution in [0.3, 0.4) is 0 Å². The third-order valence-electron chi connectivity index (χ3n) is 5.90. The Hall–Kier alpha value is -4.45. The van der Waals surface area contributed by atoms with Gasteiger partial charge in [-0.3, -0.25) is 9.10 Å². The van der Waals surface area contributed by atoms with E-state index in [4.69, 9.17) is 23.7 Å². The quantitative estimate of drug-likeness (QED) is 0.320. The predicted molar refractivity (Wildman–Crippen MR) is 149 cm³/mol. The minimum Gasteiger partial charge on any atom is -0.497 e. The maximum Gasteiger partial charge on any atom is 0.338 e.